The molecule has 0 fully saturated rings. The fourth-order valence-electron chi connectivity index (χ4n) is 2.40. The van der Waals surface area contributed by atoms with Gasteiger partial charge in [-0.2, -0.15) is 0 Å². The minimum absolute atomic E-state index is 0. The Morgan fingerprint density at radius 2 is 1.08 bits per heavy atom. The SMILES string of the molecule is COC(CO)CO.COCC(COC(=O)c1ccc(C(C)=O)cc1)OC.Cl.O=C(Cl)c1ccc(C(=O)Cl)cc1. The summed E-state index contributed by atoms with van der Waals surface area (Å²) in [6.45, 7) is 1.71. The lowest BCUT2D eigenvalue weighted by Crippen LogP contribution is -2.25. The van der Waals surface area contributed by atoms with Crippen LogP contribution in [-0.2, 0) is 18.9 Å². The van der Waals surface area contributed by atoms with E-state index in [4.69, 9.17) is 47.6 Å². The molecule has 0 spiro atoms. The summed E-state index contributed by atoms with van der Waals surface area (Å²) in [4.78, 5) is 44.0. The van der Waals surface area contributed by atoms with Crippen LogP contribution in [0.3, 0.4) is 0 Å². The van der Waals surface area contributed by atoms with E-state index in [1.165, 1.54) is 45.4 Å². The number of rotatable bonds is 12. The van der Waals surface area contributed by atoms with Crippen LogP contribution in [0.2, 0.25) is 0 Å². The first-order chi connectivity index (χ1) is 18.0. The van der Waals surface area contributed by atoms with Crippen LogP contribution in [0.25, 0.3) is 0 Å². The molecule has 2 aromatic carbocycles. The molecule has 0 heterocycles. The third kappa shape index (κ3) is 16.3. The summed E-state index contributed by atoms with van der Waals surface area (Å²) in [5.41, 5.74) is 1.65. The van der Waals surface area contributed by atoms with Crippen LogP contribution in [-0.4, -0.2) is 92.4 Å². The Bertz CT molecular complexity index is 956. The van der Waals surface area contributed by atoms with E-state index in [1.54, 1.807) is 31.4 Å². The molecule has 0 saturated carbocycles. The average Bonchev–Trinajstić information content (AvgIpc) is 2.92. The van der Waals surface area contributed by atoms with Crippen LogP contribution in [0.15, 0.2) is 48.5 Å². The topological polar surface area (TPSA) is 146 Å². The molecule has 218 valence electrons. The first-order valence-corrected chi connectivity index (χ1v) is 11.8. The average molecular weight is 612 g/mol. The predicted molar refractivity (Wildman–Crippen MR) is 148 cm³/mol. The van der Waals surface area contributed by atoms with Gasteiger partial charge in [-0.1, -0.05) is 12.1 Å². The maximum atomic E-state index is 11.7. The second kappa shape index (κ2) is 22.4. The van der Waals surface area contributed by atoms with Gasteiger partial charge in [0.2, 0.25) is 0 Å². The summed E-state index contributed by atoms with van der Waals surface area (Å²) in [5.74, 6) is -0.493. The molecule has 2 aromatic rings. The van der Waals surface area contributed by atoms with Gasteiger partial charge in [-0.3, -0.25) is 14.4 Å². The molecule has 39 heavy (non-hydrogen) atoms. The van der Waals surface area contributed by atoms with E-state index in [2.05, 4.69) is 4.74 Å². The summed E-state index contributed by atoms with van der Waals surface area (Å²) < 4.78 is 19.7. The van der Waals surface area contributed by atoms with Crippen LogP contribution in [0.4, 0.5) is 0 Å². The Kier molecular flexibility index (Phi) is 22.3. The normalized spacial score (nSPS) is 10.6. The number of hydrogen-bond acceptors (Lipinski definition) is 10. The summed E-state index contributed by atoms with van der Waals surface area (Å²) >= 11 is 10.4. The van der Waals surface area contributed by atoms with Crippen molar-refractivity contribution in [2.75, 3.05) is 47.8 Å². The van der Waals surface area contributed by atoms with Gasteiger partial charge in [-0.05, 0) is 66.5 Å². The van der Waals surface area contributed by atoms with Crippen LogP contribution in [0, 0.1) is 0 Å². The zero-order chi connectivity index (χ0) is 29.1. The standard InChI is InChI=1S/C14H18O5.C8H4Cl2O2.C4H10O3.ClH/c1-10(15)11-4-6-12(7-5-11)14(16)19-9-13(18-3)8-17-2;9-7(11)5-1-2-6(4-3-5)8(10)12;1-7-4(2-5)3-6;/h4-7,13H,8-9H2,1-3H3;1-4H;4-6H,2-3H2,1H3;1H. The van der Waals surface area contributed by atoms with Gasteiger partial charge in [0.1, 0.15) is 18.8 Å². The highest BCUT2D eigenvalue weighted by Crippen LogP contribution is 2.09. The molecule has 13 heteroatoms. The van der Waals surface area contributed by atoms with Gasteiger partial charge < -0.3 is 29.2 Å². The zero-order valence-electron chi connectivity index (χ0n) is 21.9. The van der Waals surface area contributed by atoms with Crippen molar-refractivity contribution in [1.82, 2.24) is 0 Å². The number of halogens is 3. The number of hydrogen-bond donors (Lipinski definition) is 2. The second-order valence-corrected chi connectivity index (χ2v) is 8.08. The van der Waals surface area contributed by atoms with Crippen LogP contribution < -0.4 is 0 Å². The number of ketones is 1. The predicted octanol–water partition coefficient (Wildman–Crippen LogP) is 3.56. The Hall–Kier alpha value is -2.41. The molecule has 0 aromatic heterocycles. The van der Waals surface area contributed by atoms with Gasteiger partial charge in [0.15, 0.2) is 5.78 Å². The molecule has 0 bridgehead atoms. The maximum Gasteiger partial charge on any atom is 0.338 e. The maximum absolute atomic E-state index is 11.7. The first-order valence-electron chi connectivity index (χ1n) is 11.1. The largest absolute Gasteiger partial charge is 0.459 e. The second-order valence-electron chi connectivity index (χ2n) is 7.39. The van der Waals surface area contributed by atoms with Crippen LogP contribution in [0.1, 0.15) is 48.4 Å². The fourth-order valence-corrected chi connectivity index (χ4v) is 2.65. The number of carbonyl (C=O) groups is 4. The Morgan fingerprint density at radius 3 is 1.36 bits per heavy atom. The molecule has 2 rings (SSSR count). The van der Waals surface area contributed by atoms with Crippen molar-refractivity contribution in [2.24, 2.45) is 0 Å². The van der Waals surface area contributed by atoms with Gasteiger partial charge in [-0.25, -0.2) is 4.79 Å². The van der Waals surface area contributed by atoms with Gasteiger partial charge in [0.25, 0.3) is 10.5 Å². The van der Waals surface area contributed by atoms with Gasteiger partial charge >= 0.3 is 5.97 Å². The van der Waals surface area contributed by atoms with E-state index in [-0.39, 0.29) is 44.1 Å². The Labute approximate surface area is 243 Å². The molecule has 0 aliphatic heterocycles. The van der Waals surface area contributed by atoms with E-state index in [1.807, 2.05) is 0 Å². The third-order valence-corrected chi connectivity index (χ3v) is 5.13. The van der Waals surface area contributed by atoms with Gasteiger partial charge in [-0.15, -0.1) is 12.4 Å². The van der Waals surface area contributed by atoms with E-state index in [9.17, 15) is 19.2 Å². The fraction of sp³-hybridized carbons (Fsp3) is 0.385. The Balaban J connectivity index is 0. The van der Waals surface area contributed by atoms with Crippen molar-refractivity contribution in [3.05, 3.63) is 70.8 Å². The van der Waals surface area contributed by atoms with Crippen molar-refractivity contribution in [3.63, 3.8) is 0 Å². The van der Waals surface area contributed by atoms with Gasteiger partial charge in [0.05, 0.1) is 25.4 Å². The van der Waals surface area contributed by atoms with Crippen molar-refractivity contribution in [3.8, 4) is 0 Å². The number of carbonyl (C=O) groups excluding carboxylic acids is 4. The monoisotopic (exact) mass is 610 g/mol. The molecule has 10 nitrogen and oxygen atoms in total. The number of methoxy groups -OCH3 is 3. The molecule has 2 N–H and O–H groups in total. The lowest BCUT2D eigenvalue weighted by atomic mass is 10.1. The van der Waals surface area contributed by atoms with E-state index in [0.717, 1.165) is 0 Å². The lowest BCUT2D eigenvalue weighted by molar-refractivity contribution is -0.0205. The third-order valence-electron chi connectivity index (χ3n) is 4.69. The van der Waals surface area contributed by atoms with Gasteiger partial charge in [0, 0.05) is 38.0 Å². The molecule has 1 atom stereocenters. The minimum Gasteiger partial charge on any atom is -0.459 e. The summed E-state index contributed by atoms with van der Waals surface area (Å²) in [6, 6.07) is 12.1. The minimum atomic E-state index is -0.552. The number of esters is 1. The molecule has 0 radical (unpaired) electrons. The molecular formula is C26H33Cl3O10. The summed E-state index contributed by atoms with van der Waals surface area (Å²) in [5, 5.41) is 15.4. The zero-order valence-corrected chi connectivity index (χ0v) is 24.3. The van der Waals surface area contributed by atoms with Crippen molar-refractivity contribution in [1.29, 1.82) is 0 Å². The summed E-state index contributed by atoms with van der Waals surface area (Å²) in [7, 11) is 4.52. The van der Waals surface area contributed by atoms with Crippen LogP contribution in [0.5, 0.6) is 0 Å². The number of aliphatic hydroxyl groups is 2. The van der Waals surface area contributed by atoms with E-state index >= 15 is 0 Å². The molecule has 1 unspecified atom stereocenters. The molecular weight excluding hydrogens is 579 g/mol. The lowest BCUT2D eigenvalue weighted by Gasteiger charge is -2.14. The molecule has 0 aliphatic carbocycles. The Morgan fingerprint density at radius 1 is 0.692 bits per heavy atom. The summed E-state index contributed by atoms with van der Waals surface area (Å²) in [6.07, 6.45) is -0.689. The molecule has 0 aliphatic rings. The molecule has 0 amide bonds. The highest BCUT2D eigenvalue weighted by atomic mass is 35.5. The quantitative estimate of drug-likeness (QED) is 0.208. The number of aliphatic hydroxyl groups excluding tert-OH is 2. The van der Waals surface area contributed by atoms with E-state index < -0.39 is 22.6 Å². The highest BCUT2D eigenvalue weighted by molar-refractivity contribution is 6.68. The van der Waals surface area contributed by atoms with Crippen LogP contribution >= 0.6 is 35.6 Å². The first kappa shape index (κ1) is 38.7. The smallest absolute Gasteiger partial charge is 0.338 e. The van der Waals surface area contributed by atoms with Crippen molar-refractivity contribution < 1.29 is 48.3 Å². The number of Topliss-reactive ketones (excluding diaryl/α,β-unsaturated/α-hetero) is 1. The van der Waals surface area contributed by atoms with Crippen molar-refractivity contribution >= 4 is 57.8 Å². The molecule has 0 saturated heterocycles. The van der Waals surface area contributed by atoms with Crippen molar-refractivity contribution in [2.45, 2.75) is 19.1 Å². The van der Waals surface area contributed by atoms with E-state index in [0.29, 0.717) is 28.9 Å². The highest BCUT2D eigenvalue weighted by Gasteiger charge is 2.13. The number of ether oxygens (including phenoxy) is 4. The number of benzene rings is 2.